The third-order valence-corrected chi connectivity index (χ3v) is 5.22. The number of rotatable bonds is 5. The molecule has 0 aromatic heterocycles. The number of carboxylic acid groups (broad SMARTS) is 1. The first kappa shape index (κ1) is 21.2. The minimum Gasteiger partial charge on any atom is -0.466 e. The molecule has 2 rings (SSSR count). The molecule has 1 saturated heterocycles. The zero-order valence-corrected chi connectivity index (χ0v) is 16.6. The molecular formula is C21H31NO5. The number of esters is 1. The van der Waals surface area contributed by atoms with Crippen molar-refractivity contribution >= 4 is 12.1 Å². The molecular weight excluding hydrogens is 346 g/mol. The van der Waals surface area contributed by atoms with Crippen LogP contribution in [0.2, 0.25) is 0 Å². The zero-order valence-electron chi connectivity index (χ0n) is 16.6. The molecule has 6 nitrogen and oxygen atoms in total. The van der Waals surface area contributed by atoms with Crippen LogP contribution >= 0.6 is 0 Å². The quantitative estimate of drug-likeness (QED) is 0.768. The third-order valence-electron chi connectivity index (χ3n) is 5.22. The molecule has 150 valence electrons. The second-order valence-electron chi connectivity index (χ2n) is 8.22. The van der Waals surface area contributed by atoms with Gasteiger partial charge in [-0.05, 0) is 36.3 Å². The monoisotopic (exact) mass is 377 g/mol. The number of hydrogen-bond acceptors (Lipinski definition) is 4. The van der Waals surface area contributed by atoms with Crippen molar-refractivity contribution in [3.63, 3.8) is 0 Å². The number of piperidine rings is 1. The number of likely N-dealkylation sites (tertiary alicyclic amines) is 1. The largest absolute Gasteiger partial charge is 0.466 e. The highest BCUT2D eigenvalue weighted by Crippen LogP contribution is 2.39. The number of hydrogen-bond donors (Lipinski definition) is 2. The Morgan fingerprint density at radius 1 is 1.22 bits per heavy atom. The van der Waals surface area contributed by atoms with Crippen LogP contribution in [0.3, 0.4) is 0 Å². The first-order valence-corrected chi connectivity index (χ1v) is 9.57. The number of aliphatic hydroxyl groups excluding tert-OH is 1. The van der Waals surface area contributed by atoms with Crippen LogP contribution in [0.1, 0.15) is 57.6 Å². The van der Waals surface area contributed by atoms with E-state index in [0.29, 0.717) is 32.4 Å². The number of nitrogens with zero attached hydrogens (tertiary/aromatic N) is 1. The van der Waals surface area contributed by atoms with E-state index in [2.05, 4.69) is 0 Å². The molecule has 0 spiro atoms. The summed E-state index contributed by atoms with van der Waals surface area (Å²) in [6, 6.07) is 7.43. The molecule has 27 heavy (non-hydrogen) atoms. The molecule has 0 bridgehead atoms. The van der Waals surface area contributed by atoms with E-state index in [0.717, 1.165) is 11.1 Å². The summed E-state index contributed by atoms with van der Waals surface area (Å²) >= 11 is 0. The van der Waals surface area contributed by atoms with Gasteiger partial charge in [0.25, 0.3) is 0 Å². The maximum atomic E-state index is 11.6. The van der Waals surface area contributed by atoms with Crippen molar-refractivity contribution in [3.8, 4) is 0 Å². The SMILES string of the molecule is CCOC(=O)CCc1ccc(C2CCN(C(=O)O)C(C(C)(C)C)C2O)cc1. The van der Waals surface area contributed by atoms with Gasteiger partial charge in [0.15, 0.2) is 0 Å². The lowest BCUT2D eigenvalue weighted by molar-refractivity contribution is -0.143. The lowest BCUT2D eigenvalue weighted by atomic mass is 9.73. The first-order valence-electron chi connectivity index (χ1n) is 9.57. The highest BCUT2D eigenvalue weighted by atomic mass is 16.5. The van der Waals surface area contributed by atoms with Crippen LogP contribution in [0.5, 0.6) is 0 Å². The second-order valence-corrected chi connectivity index (χ2v) is 8.22. The van der Waals surface area contributed by atoms with Gasteiger partial charge in [-0.25, -0.2) is 4.79 Å². The summed E-state index contributed by atoms with van der Waals surface area (Å²) in [5.41, 5.74) is 1.68. The zero-order chi connectivity index (χ0) is 20.2. The van der Waals surface area contributed by atoms with E-state index in [1.54, 1.807) is 6.92 Å². The highest BCUT2D eigenvalue weighted by Gasteiger charge is 2.45. The van der Waals surface area contributed by atoms with Gasteiger partial charge in [0.1, 0.15) is 0 Å². The van der Waals surface area contributed by atoms with E-state index in [9.17, 15) is 19.8 Å². The van der Waals surface area contributed by atoms with E-state index < -0.39 is 18.2 Å². The molecule has 1 aromatic rings. The second kappa shape index (κ2) is 8.74. The van der Waals surface area contributed by atoms with Gasteiger partial charge in [-0.2, -0.15) is 0 Å². The van der Waals surface area contributed by atoms with Crippen LogP contribution in [0.25, 0.3) is 0 Å². The summed E-state index contributed by atoms with van der Waals surface area (Å²) in [7, 11) is 0. The molecule has 1 aliphatic heterocycles. The molecule has 6 heteroatoms. The van der Waals surface area contributed by atoms with Crippen molar-refractivity contribution < 1.29 is 24.5 Å². The molecule has 2 N–H and O–H groups in total. The minimum atomic E-state index is -0.985. The molecule has 0 radical (unpaired) electrons. The molecule has 0 aliphatic carbocycles. The number of carbonyl (C=O) groups is 2. The fraction of sp³-hybridized carbons (Fsp3) is 0.619. The summed E-state index contributed by atoms with van der Waals surface area (Å²) in [6.07, 6.45) is -0.202. The Balaban J connectivity index is 2.11. The normalized spacial score (nSPS) is 23.1. The van der Waals surface area contributed by atoms with Crippen molar-refractivity contribution in [1.82, 2.24) is 4.90 Å². The number of benzene rings is 1. The molecule has 1 heterocycles. The molecule has 3 atom stereocenters. The topological polar surface area (TPSA) is 87.1 Å². The van der Waals surface area contributed by atoms with Crippen molar-refractivity contribution in [3.05, 3.63) is 35.4 Å². The summed E-state index contributed by atoms with van der Waals surface area (Å²) < 4.78 is 4.94. The average molecular weight is 377 g/mol. The third kappa shape index (κ3) is 5.22. The van der Waals surface area contributed by atoms with E-state index in [1.165, 1.54) is 4.90 Å². The van der Waals surface area contributed by atoms with Crippen molar-refractivity contribution in [2.24, 2.45) is 5.41 Å². The maximum Gasteiger partial charge on any atom is 0.407 e. The van der Waals surface area contributed by atoms with Crippen molar-refractivity contribution in [2.75, 3.05) is 13.2 Å². The molecule has 1 aromatic carbocycles. The molecule has 1 aliphatic rings. The van der Waals surface area contributed by atoms with E-state index in [1.807, 2.05) is 45.0 Å². The smallest absolute Gasteiger partial charge is 0.407 e. The number of amides is 1. The highest BCUT2D eigenvalue weighted by molar-refractivity contribution is 5.69. The van der Waals surface area contributed by atoms with E-state index in [4.69, 9.17) is 4.74 Å². The molecule has 0 saturated carbocycles. The van der Waals surface area contributed by atoms with Crippen LogP contribution in [-0.4, -0.2) is 52.5 Å². The van der Waals surface area contributed by atoms with Crippen molar-refractivity contribution in [1.29, 1.82) is 0 Å². The van der Waals surface area contributed by atoms with Gasteiger partial charge in [-0.1, -0.05) is 45.0 Å². The standard InChI is InChI=1S/C21H31NO5/c1-5-27-17(23)11-8-14-6-9-15(10-7-14)16-12-13-22(20(25)26)19(18(16)24)21(2,3)4/h6-7,9-10,16,18-19,24H,5,8,11-13H2,1-4H3,(H,25,26). The Morgan fingerprint density at radius 3 is 2.37 bits per heavy atom. The fourth-order valence-electron chi connectivity index (χ4n) is 3.96. The van der Waals surface area contributed by atoms with Crippen LogP contribution < -0.4 is 0 Å². The van der Waals surface area contributed by atoms with E-state index in [-0.39, 0.29) is 17.3 Å². The van der Waals surface area contributed by atoms with Gasteiger partial charge in [-0.3, -0.25) is 4.79 Å². The summed E-state index contributed by atoms with van der Waals surface area (Å²) in [5.74, 6) is -0.310. The van der Waals surface area contributed by atoms with E-state index >= 15 is 0 Å². The number of aliphatic hydroxyl groups is 1. The number of ether oxygens (including phenoxy) is 1. The Morgan fingerprint density at radius 2 is 1.85 bits per heavy atom. The predicted molar refractivity (Wildman–Crippen MR) is 103 cm³/mol. The first-order chi connectivity index (χ1) is 12.6. The Labute approximate surface area is 161 Å². The molecule has 3 unspecified atom stereocenters. The van der Waals surface area contributed by atoms with Crippen LogP contribution in [0.4, 0.5) is 4.79 Å². The Bertz CT molecular complexity index is 650. The lowest BCUT2D eigenvalue weighted by Gasteiger charge is -2.48. The Hall–Kier alpha value is -2.08. The van der Waals surface area contributed by atoms with Gasteiger partial charge < -0.3 is 19.8 Å². The summed E-state index contributed by atoms with van der Waals surface area (Å²) in [4.78, 5) is 24.4. The van der Waals surface area contributed by atoms with Crippen LogP contribution in [-0.2, 0) is 16.0 Å². The van der Waals surface area contributed by atoms with Gasteiger partial charge in [0, 0.05) is 18.9 Å². The van der Waals surface area contributed by atoms with Gasteiger partial charge in [0.2, 0.25) is 0 Å². The Kier molecular flexibility index (Phi) is 6.87. The van der Waals surface area contributed by atoms with Gasteiger partial charge in [0.05, 0.1) is 18.8 Å². The van der Waals surface area contributed by atoms with Crippen molar-refractivity contribution in [2.45, 2.75) is 65.0 Å². The maximum absolute atomic E-state index is 11.6. The van der Waals surface area contributed by atoms with Gasteiger partial charge >= 0.3 is 12.1 Å². The van der Waals surface area contributed by atoms with Gasteiger partial charge in [-0.15, -0.1) is 0 Å². The summed E-state index contributed by atoms with van der Waals surface area (Å²) in [5, 5.41) is 20.5. The molecule has 1 amide bonds. The fourth-order valence-corrected chi connectivity index (χ4v) is 3.96. The number of aryl methyl sites for hydroxylation is 1. The average Bonchev–Trinajstić information content (AvgIpc) is 2.59. The lowest BCUT2D eigenvalue weighted by Crippen LogP contribution is -2.58. The molecule has 1 fully saturated rings. The minimum absolute atomic E-state index is 0.107. The van der Waals surface area contributed by atoms with Crippen LogP contribution in [0, 0.1) is 5.41 Å². The summed E-state index contributed by atoms with van der Waals surface area (Å²) in [6.45, 7) is 8.45. The van der Waals surface area contributed by atoms with Crippen LogP contribution in [0.15, 0.2) is 24.3 Å². The predicted octanol–water partition coefficient (Wildman–Crippen LogP) is 3.43. The number of carbonyl (C=O) groups excluding carboxylic acids is 1.